The van der Waals surface area contributed by atoms with E-state index in [4.69, 9.17) is 9.47 Å². The van der Waals surface area contributed by atoms with Crippen LogP contribution >= 0.6 is 11.8 Å². The molecule has 0 aliphatic heterocycles. The summed E-state index contributed by atoms with van der Waals surface area (Å²) in [4.78, 5) is 12.8. The highest BCUT2D eigenvalue weighted by molar-refractivity contribution is 7.99. The summed E-state index contributed by atoms with van der Waals surface area (Å²) in [5, 5.41) is 9.60. The average Bonchev–Trinajstić information content (AvgIpc) is 3.31. The minimum absolute atomic E-state index is 0.0121. The molecule has 4 rings (SSSR count). The number of ether oxygens (including phenoxy) is 2. The van der Waals surface area contributed by atoms with Crippen LogP contribution in [0.5, 0.6) is 11.5 Å². The van der Waals surface area contributed by atoms with E-state index in [2.05, 4.69) is 55.2 Å². The van der Waals surface area contributed by atoms with Crippen molar-refractivity contribution in [2.24, 2.45) is 0 Å². The van der Waals surface area contributed by atoms with Crippen LogP contribution in [0.3, 0.4) is 0 Å². The average molecular weight is 488 g/mol. The largest absolute Gasteiger partial charge is 0.497 e. The van der Waals surface area contributed by atoms with Crippen LogP contribution in [0, 0.1) is 0 Å². The minimum atomic E-state index is 0.0121. The number of carbonyl (C=O) groups is 1. The third-order valence-electron chi connectivity index (χ3n) is 5.72. The van der Waals surface area contributed by atoms with Gasteiger partial charge in [0.05, 0.1) is 20.0 Å². The second kappa shape index (κ2) is 10.4. The summed E-state index contributed by atoms with van der Waals surface area (Å²) >= 11 is 1.36. The summed E-state index contributed by atoms with van der Waals surface area (Å²) in [5.41, 5.74) is 3.79. The van der Waals surface area contributed by atoms with Gasteiger partial charge in [0.15, 0.2) is 16.8 Å². The quantitative estimate of drug-likeness (QED) is 0.217. The first-order valence-corrected chi connectivity index (χ1v) is 12.3. The lowest BCUT2D eigenvalue weighted by atomic mass is 9.87. The van der Waals surface area contributed by atoms with Gasteiger partial charge in [-0.3, -0.25) is 9.36 Å². The van der Waals surface area contributed by atoms with E-state index in [0.29, 0.717) is 10.7 Å². The Balaban J connectivity index is 1.66. The number of Topliss-reactive ketones (excluding diaryl/α,β-unsaturated/α-hetero) is 1. The molecule has 0 radical (unpaired) electrons. The molecule has 1 aromatic heterocycles. The summed E-state index contributed by atoms with van der Waals surface area (Å²) in [6.45, 7) is 6.57. The van der Waals surface area contributed by atoms with Crippen LogP contribution in [-0.2, 0) is 5.41 Å². The molecule has 0 N–H and O–H groups in total. The van der Waals surface area contributed by atoms with E-state index in [1.807, 2.05) is 28.8 Å². The van der Waals surface area contributed by atoms with Crippen molar-refractivity contribution in [1.29, 1.82) is 0 Å². The van der Waals surface area contributed by atoms with Crippen LogP contribution in [-0.4, -0.2) is 40.5 Å². The molecule has 1 heterocycles. The Hall–Kier alpha value is -3.58. The van der Waals surface area contributed by atoms with Gasteiger partial charge in [0.25, 0.3) is 0 Å². The Morgan fingerprint density at radius 3 is 1.94 bits per heavy atom. The zero-order chi connectivity index (χ0) is 25.0. The lowest BCUT2D eigenvalue weighted by molar-refractivity contribution is 0.102. The van der Waals surface area contributed by atoms with Gasteiger partial charge in [-0.2, -0.15) is 0 Å². The molecule has 35 heavy (non-hydrogen) atoms. The topological polar surface area (TPSA) is 66.2 Å². The summed E-state index contributed by atoms with van der Waals surface area (Å²) in [5.74, 6) is 2.45. The van der Waals surface area contributed by atoms with Crippen LogP contribution in [0.15, 0.2) is 78.0 Å². The molecule has 0 aliphatic rings. The lowest BCUT2D eigenvalue weighted by Crippen LogP contribution is -2.10. The van der Waals surface area contributed by atoms with Crippen LogP contribution in [0.25, 0.3) is 17.1 Å². The van der Waals surface area contributed by atoms with Gasteiger partial charge in [0.1, 0.15) is 11.5 Å². The van der Waals surface area contributed by atoms with Gasteiger partial charge in [0, 0.05) is 16.8 Å². The maximum absolute atomic E-state index is 12.8. The molecule has 7 heteroatoms. The zero-order valence-corrected chi connectivity index (χ0v) is 21.4. The van der Waals surface area contributed by atoms with E-state index < -0.39 is 0 Å². The monoisotopic (exact) mass is 487 g/mol. The summed E-state index contributed by atoms with van der Waals surface area (Å²) in [7, 11) is 3.25. The molecular formula is C28H29N3O3S. The lowest BCUT2D eigenvalue weighted by Gasteiger charge is -2.19. The second-order valence-electron chi connectivity index (χ2n) is 9.11. The zero-order valence-electron chi connectivity index (χ0n) is 20.6. The molecule has 6 nitrogen and oxygen atoms in total. The first-order valence-electron chi connectivity index (χ1n) is 11.3. The highest BCUT2D eigenvalue weighted by Crippen LogP contribution is 2.31. The van der Waals surface area contributed by atoms with Gasteiger partial charge in [-0.25, -0.2) is 0 Å². The highest BCUT2D eigenvalue weighted by Gasteiger charge is 2.19. The van der Waals surface area contributed by atoms with Gasteiger partial charge in [-0.05, 0) is 59.5 Å². The number of nitrogens with zero attached hydrogens (tertiary/aromatic N) is 3. The number of benzene rings is 3. The van der Waals surface area contributed by atoms with Crippen LogP contribution in [0.4, 0.5) is 0 Å². The van der Waals surface area contributed by atoms with Crippen molar-refractivity contribution in [1.82, 2.24) is 14.8 Å². The SMILES string of the molecule is COc1ccc(C(=O)CSc2nnc(-c3ccc(C(C)(C)C)cc3)n2-c2ccc(OC)cc2)cc1. The number of thioether (sulfide) groups is 1. The van der Waals surface area contributed by atoms with E-state index in [1.54, 1.807) is 38.5 Å². The molecule has 0 bridgehead atoms. The van der Waals surface area contributed by atoms with E-state index in [1.165, 1.54) is 17.3 Å². The molecule has 0 saturated carbocycles. The molecular weight excluding hydrogens is 458 g/mol. The van der Waals surface area contributed by atoms with E-state index >= 15 is 0 Å². The Morgan fingerprint density at radius 1 is 0.829 bits per heavy atom. The maximum Gasteiger partial charge on any atom is 0.196 e. The van der Waals surface area contributed by atoms with Gasteiger partial charge in [-0.1, -0.05) is 56.8 Å². The number of aromatic nitrogens is 3. The van der Waals surface area contributed by atoms with Crippen molar-refractivity contribution in [2.45, 2.75) is 31.3 Å². The molecule has 0 amide bonds. The molecule has 0 fully saturated rings. The Bertz CT molecular complexity index is 1290. The smallest absolute Gasteiger partial charge is 0.196 e. The van der Waals surface area contributed by atoms with Crippen molar-refractivity contribution in [3.8, 4) is 28.6 Å². The fourth-order valence-corrected chi connectivity index (χ4v) is 4.47. The molecule has 0 saturated heterocycles. The first kappa shape index (κ1) is 24.5. The standard InChI is InChI=1S/C28H29N3O3S/c1-28(2,3)21-10-6-20(7-11-21)26-29-30-27(31(26)22-12-16-24(34-5)17-13-22)35-18-25(32)19-8-14-23(33-4)15-9-19/h6-17H,18H2,1-5H3. The summed E-state index contributed by atoms with van der Waals surface area (Å²) in [6.07, 6.45) is 0. The Labute approximate surface area is 210 Å². The van der Waals surface area contributed by atoms with Gasteiger partial charge in [-0.15, -0.1) is 10.2 Å². The van der Waals surface area contributed by atoms with Crippen LogP contribution in [0.2, 0.25) is 0 Å². The fraction of sp³-hybridized carbons (Fsp3) is 0.250. The number of hydrogen-bond donors (Lipinski definition) is 0. The number of hydrogen-bond acceptors (Lipinski definition) is 6. The third kappa shape index (κ3) is 5.57. The molecule has 0 unspecified atom stereocenters. The van der Waals surface area contributed by atoms with E-state index in [9.17, 15) is 4.79 Å². The number of rotatable bonds is 8. The predicted octanol–water partition coefficient (Wildman–Crippen LogP) is 6.22. The van der Waals surface area contributed by atoms with Crippen molar-refractivity contribution in [3.63, 3.8) is 0 Å². The Kier molecular flexibility index (Phi) is 7.26. The molecule has 0 aliphatic carbocycles. The first-order chi connectivity index (χ1) is 16.8. The molecule has 0 spiro atoms. The normalized spacial score (nSPS) is 11.3. The van der Waals surface area contributed by atoms with Crippen molar-refractivity contribution in [3.05, 3.63) is 83.9 Å². The number of ketones is 1. The van der Waals surface area contributed by atoms with Crippen molar-refractivity contribution >= 4 is 17.5 Å². The summed E-state index contributed by atoms with van der Waals surface area (Å²) in [6, 6.07) is 23.3. The predicted molar refractivity (Wildman–Crippen MR) is 140 cm³/mol. The molecule has 4 aromatic rings. The van der Waals surface area contributed by atoms with Crippen molar-refractivity contribution < 1.29 is 14.3 Å². The van der Waals surface area contributed by atoms with E-state index in [0.717, 1.165) is 28.6 Å². The minimum Gasteiger partial charge on any atom is -0.497 e. The van der Waals surface area contributed by atoms with Crippen molar-refractivity contribution in [2.75, 3.05) is 20.0 Å². The number of methoxy groups -OCH3 is 2. The van der Waals surface area contributed by atoms with Gasteiger partial charge >= 0.3 is 0 Å². The third-order valence-corrected chi connectivity index (χ3v) is 6.65. The Morgan fingerprint density at radius 2 is 1.40 bits per heavy atom. The molecule has 0 atom stereocenters. The van der Waals surface area contributed by atoms with E-state index in [-0.39, 0.29) is 17.0 Å². The van der Waals surface area contributed by atoms with Crippen LogP contribution < -0.4 is 9.47 Å². The van der Waals surface area contributed by atoms with Gasteiger partial charge < -0.3 is 9.47 Å². The molecule has 180 valence electrons. The fourth-order valence-electron chi connectivity index (χ4n) is 3.62. The van der Waals surface area contributed by atoms with Crippen LogP contribution in [0.1, 0.15) is 36.7 Å². The number of carbonyl (C=O) groups excluding carboxylic acids is 1. The second-order valence-corrected chi connectivity index (χ2v) is 10.0. The highest BCUT2D eigenvalue weighted by atomic mass is 32.2. The summed E-state index contributed by atoms with van der Waals surface area (Å²) < 4.78 is 12.5. The maximum atomic E-state index is 12.8. The molecule has 3 aromatic carbocycles. The van der Waals surface area contributed by atoms with Gasteiger partial charge in [0.2, 0.25) is 0 Å².